The summed E-state index contributed by atoms with van der Waals surface area (Å²) >= 11 is 3.05. The van der Waals surface area contributed by atoms with E-state index in [9.17, 15) is 13.2 Å². The van der Waals surface area contributed by atoms with Gasteiger partial charge in [0.25, 0.3) is 0 Å². The van der Waals surface area contributed by atoms with Gasteiger partial charge in [0.05, 0.1) is 16.9 Å². The quantitative estimate of drug-likeness (QED) is 0.922. The fourth-order valence-electron chi connectivity index (χ4n) is 1.90. The molecule has 4 nitrogen and oxygen atoms in total. The lowest BCUT2D eigenvalue weighted by Gasteiger charge is -2.14. The number of alkyl halides is 3. The molecule has 1 aromatic heterocycles. The van der Waals surface area contributed by atoms with Gasteiger partial charge in [-0.3, -0.25) is 0 Å². The molecule has 0 unspecified atom stereocenters. The molecular weight excluding hydrogens is 337 g/mol. The maximum absolute atomic E-state index is 13.1. The second-order valence-electron chi connectivity index (χ2n) is 4.24. The molecule has 0 spiro atoms. The van der Waals surface area contributed by atoms with Crippen molar-refractivity contribution in [3.8, 4) is 5.69 Å². The molecule has 2 N–H and O–H groups in total. The zero-order chi connectivity index (χ0) is 14.9. The van der Waals surface area contributed by atoms with Gasteiger partial charge in [-0.1, -0.05) is 34.5 Å². The van der Waals surface area contributed by atoms with E-state index in [1.165, 1.54) is 12.1 Å². The highest BCUT2D eigenvalue weighted by molar-refractivity contribution is 9.10. The minimum absolute atomic E-state index is 0.0756. The third-order valence-corrected chi connectivity index (χ3v) is 3.27. The first-order valence-electron chi connectivity index (χ1n) is 5.91. The molecule has 8 heteroatoms. The molecule has 0 radical (unpaired) electrons. The Balaban J connectivity index is 2.64. The van der Waals surface area contributed by atoms with Crippen LogP contribution in [0.5, 0.6) is 0 Å². The van der Waals surface area contributed by atoms with Gasteiger partial charge in [0, 0.05) is 4.47 Å². The fourth-order valence-corrected chi connectivity index (χ4v) is 2.26. The summed E-state index contributed by atoms with van der Waals surface area (Å²) in [5.74, 6) is 0.155. The Kier molecular flexibility index (Phi) is 4.03. The van der Waals surface area contributed by atoms with E-state index in [-0.39, 0.29) is 11.5 Å². The second-order valence-corrected chi connectivity index (χ2v) is 5.16. The van der Waals surface area contributed by atoms with E-state index >= 15 is 0 Å². The summed E-state index contributed by atoms with van der Waals surface area (Å²) in [5.41, 5.74) is 5.30. The smallest absolute Gasteiger partial charge is 0.381 e. The third kappa shape index (κ3) is 2.79. The molecule has 0 atom stereocenters. The monoisotopic (exact) mass is 348 g/mol. The van der Waals surface area contributed by atoms with Crippen molar-refractivity contribution < 1.29 is 13.2 Å². The van der Waals surface area contributed by atoms with Crippen LogP contribution in [0.1, 0.15) is 24.6 Å². The molecule has 2 aromatic rings. The van der Waals surface area contributed by atoms with Crippen LogP contribution in [0.15, 0.2) is 22.7 Å². The lowest BCUT2D eigenvalue weighted by molar-refractivity contribution is -0.137. The number of hydrogen-bond acceptors (Lipinski definition) is 3. The van der Waals surface area contributed by atoms with Crippen LogP contribution in [-0.2, 0) is 12.6 Å². The van der Waals surface area contributed by atoms with E-state index in [0.717, 1.165) is 17.2 Å². The summed E-state index contributed by atoms with van der Waals surface area (Å²) in [6.07, 6.45) is -3.25. The number of nitrogen functional groups attached to an aromatic ring is 1. The van der Waals surface area contributed by atoms with Crippen molar-refractivity contribution in [2.75, 3.05) is 5.73 Å². The van der Waals surface area contributed by atoms with Crippen LogP contribution in [0.25, 0.3) is 5.69 Å². The Morgan fingerprint density at radius 3 is 2.65 bits per heavy atom. The number of nitrogens with two attached hydrogens (primary N) is 1. The van der Waals surface area contributed by atoms with Crippen molar-refractivity contribution in [2.24, 2.45) is 0 Å². The van der Waals surface area contributed by atoms with Gasteiger partial charge in [-0.2, -0.15) is 13.2 Å². The standard InChI is InChI=1S/C12H12BrF3N4/c1-2-3-10-11(17)18-19-20(10)9-5-4-7(13)6-8(9)12(14,15)16/h4-6H,2-3,17H2,1H3. The topological polar surface area (TPSA) is 56.7 Å². The Hall–Kier alpha value is -1.57. The van der Waals surface area contributed by atoms with E-state index in [1.54, 1.807) is 0 Å². The summed E-state index contributed by atoms with van der Waals surface area (Å²) < 4.78 is 40.9. The highest BCUT2D eigenvalue weighted by atomic mass is 79.9. The van der Waals surface area contributed by atoms with Gasteiger partial charge in [-0.15, -0.1) is 5.10 Å². The largest absolute Gasteiger partial charge is 0.418 e. The van der Waals surface area contributed by atoms with Gasteiger partial charge in [0.1, 0.15) is 0 Å². The third-order valence-electron chi connectivity index (χ3n) is 2.77. The molecule has 0 bridgehead atoms. The van der Waals surface area contributed by atoms with Gasteiger partial charge in [-0.05, 0) is 24.6 Å². The van der Waals surface area contributed by atoms with Crippen LogP contribution in [0.3, 0.4) is 0 Å². The predicted molar refractivity (Wildman–Crippen MR) is 72.5 cm³/mol. The Bertz CT molecular complexity index is 622. The Morgan fingerprint density at radius 1 is 1.35 bits per heavy atom. The molecule has 0 saturated carbocycles. The number of halogens is 4. The highest BCUT2D eigenvalue weighted by Crippen LogP contribution is 2.36. The highest BCUT2D eigenvalue weighted by Gasteiger charge is 2.35. The average Bonchev–Trinajstić information content (AvgIpc) is 2.71. The number of hydrogen-bond donors (Lipinski definition) is 1. The van der Waals surface area contributed by atoms with Crippen molar-refractivity contribution >= 4 is 21.7 Å². The first-order chi connectivity index (χ1) is 9.34. The van der Waals surface area contributed by atoms with Crippen LogP contribution >= 0.6 is 15.9 Å². The molecule has 0 saturated heterocycles. The molecule has 0 fully saturated rings. The molecule has 108 valence electrons. The van der Waals surface area contributed by atoms with Crippen LogP contribution in [0, 0.1) is 0 Å². The first kappa shape index (κ1) is 14.8. The van der Waals surface area contributed by atoms with E-state index in [0.29, 0.717) is 16.6 Å². The minimum Gasteiger partial charge on any atom is -0.381 e. The van der Waals surface area contributed by atoms with Crippen LogP contribution < -0.4 is 5.73 Å². The minimum atomic E-state index is -4.48. The number of aromatic nitrogens is 3. The molecular formula is C12H12BrF3N4. The van der Waals surface area contributed by atoms with E-state index < -0.39 is 11.7 Å². The van der Waals surface area contributed by atoms with Crippen molar-refractivity contribution in [1.82, 2.24) is 15.0 Å². The van der Waals surface area contributed by atoms with Crippen molar-refractivity contribution in [1.29, 1.82) is 0 Å². The van der Waals surface area contributed by atoms with Crippen molar-refractivity contribution in [2.45, 2.75) is 25.9 Å². The van der Waals surface area contributed by atoms with Crippen LogP contribution in [0.2, 0.25) is 0 Å². The molecule has 0 aliphatic carbocycles. The van der Waals surface area contributed by atoms with Crippen LogP contribution in [0.4, 0.5) is 19.0 Å². The van der Waals surface area contributed by atoms with Gasteiger partial charge in [0.2, 0.25) is 0 Å². The van der Waals surface area contributed by atoms with E-state index in [2.05, 4.69) is 26.2 Å². The van der Waals surface area contributed by atoms with Crippen molar-refractivity contribution in [3.05, 3.63) is 33.9 Å². The first-order valence-corrected chi connectivity index (χ1v) is 6.71. The van der Waals surface area contributed by atoms with Crippen molar-refractivity contribution in [3.63, 3.8) is 0 Å². The molecule has 0 aliphatic rings. The lowest BCUT2D eigenvalue weighted by atomic mass is 10.1. The summed E-state index contributed by atoms with van der Waals surface area (Å²) in [6, 6.07) is 3.89. The molecule has 2 rings (SSSR count). The van der Waals surface area contributed by atoms with Gasteiger partial charge in [0.15, 0.2) is 5.82 Å². The molecule has 20 heavy (non-hydrogen) atoms. The molecule has 1 aromatic carbocycles. The maximum atomic E-state index is 13.1. The molecule has 0 amide bonds. The summed E-state index contributed by atoms with van der Waals surface area (Å²) in [4.78, 5) is 0. The fraction of sp³-hybridized carbons (Fsp3) is 0.333. The zero-order valence-corrected chi connectivity index (χ0v) is 12.2. The van der Waals surface area contributed by atoms with E-state index in [1.807, 2.05) is 6.92 Å². The molecule has 0 aliphatic heterocycles. The number of anilines is 1. The Labute approximate surface area is 121 Å². The van der Waals surface area contributed by atoms with Crippen LogP contribution in [-0.4, -0.2) is 15.0 Å². The van der Waals surface area contributed by atoms with Gasteiger partial charge in [-0.25, -0.2) is 4.68 Å². The van der Waals surface area contributed by atoms with Gasteiger partial charge < -0.3 is 5.73 Å². The Morgan fingerprint density at radius 2 is 2.05 bits per heavy atom. The van der Waals surface area contributed by atoms with E-state index in [4.69, 9.17) is 5.73 Å². The molecule has 1 heterocycles. The SMILES string of the molecule is CCCc1c(N)nnn1-c1ccc(Br)cc1C(F)(F)F. The summed E-state index contributed by atoms with van der Waals surface area (Å²) in [7, 11) is 0. The zero-order valence-electron chi connectivity index (χ0n) is 10.6. The van der Waals surface area contributed by atoms with Gasteiger partial charge >= 0.3 is 6.18 Å². The number of nitrogens with zero attached hydrogens (tertiary/aromatic N) is 3. The summed E-state index contributed by atoms with van der Waals surface area (Å²) in [5, 5.41) is 7.40. The number of benzene rings is 1. The lowest BCUT2D eigenvalue weighted by Crippen LogP contribution is -2.13. The normalized spacial score (nSPS) is 11.8. The summed E-state index contributed by atoms with van der Waals surface area (Å²) in [6.45, 7) is 1.91. The number of rotatable bonds is 3. The maximum Gasteiger partial charge on any atom is 0.418 e. The average molecular weight is 349 g/mol. The predicted octanol–water partition coefficient (Wildman–Crippen LogP) is 3.58. The second kappa shape index (κ2) is 5.43.